The first-order valence-corrected chi connectivity index (χ1v) is 8.09. The van der Waals surface area contributed by atoms with E-state index in [0.717, 1.165) is 26.9 Å². The van der Waals surface area contributed by atoms with Gasteiger partial charge in [0.25, 0.3) is 0 Å². The molecule has 1 saturated heterocycles. The minimum absolute atomic E-state index is 0.164. The van der Waals surface area contributed by atoms with Crippen LogP contribution in [0, 0.1) is 0 Å². The molecule has 4 nitrogen and oxygen atoms in total. The van der Waals surface area contributed by atoms with Crippen LogP contribution in [-0.4, -0.2) is 29.0 Å². The van der Waals surface area contributed by atoms with E-state index < -0.39 is 12.2 Å². The molecule has 0 bridgehead atoms. The van der Waals surface area contributed by atoms with Crippen molar-refractivity contribution in [3.63, 3.8) is 0 Å². The third-order valence-corrected chi connectivity index (χ3v) is 5.15. The van der Waals surface area contributed by atoms with Crippen LogP contribution < -0.4 is 4.74 Å². The van der Waals surface area contributed by atoms with Gasteiger partial charge < -0.3 is 19.7 Å². The predicted molar refractivity (Wildman–Crippen MR) is 82.4 cm³/mol. The summed E-state index contributed by atoms with van der Waals surface area (Å²) in [5.41, 5.74) is 0.966. The highest BCUT2D eigenvalue weighted by molar-refractivity contribution is 7.99. The molecule has 2 unspecified atom stereocenters. The predicted octanol–water partition coefficient (Wildman–Crippen LogP) is 3.13. The Hall–Kier alpha value is -1.53. The SMILES string of the molecule is OC[C@H]1OC(c2ccc3c(c2)Oc2ccccc2S3)CC1O. The van der Waals surface area contributed by atoms with Gasteiger partial charge >= 0.3 is 0 Å². The van der Waals surface area contributed by atoms with Crippen molar-refractivity contribution in [1.82, 2.24) is 0 Å². The molecular weight excluding hydrogens is 300 g/mol. The first-order chi connectivity index (χ1) is 10.7. The summed E-state index contributed by atoms with van der Waals surface area (Å²) in [6.07, 6.45) is -0.837. The zero-order chi connectivity index (χ0) is 15.1. The smallest absolute Gasteiger partial charge is 0.141 e. The minimum Gasteiger partial charge on any atom is -0.455 e. The van der Waals surface area contributed by atoms with Crippen LogP contribution in [0.4, 0.5) is 0 Å². The van der Waals surface area contributed by atoms with E-state index in [9.17, 15) is 10.2 Å². The average molecular weight is 316 g/mol. The second kappa shape index (κ2) is 5.59. The highest BCUT2D eigenvalue weighted by Gasteiger charge is 2.34. The van der Waals surface area contributed by atoms with E-state index in [4.69, 9.17) is 9.47 Å². The lowest BCUT2D eigenvalue weighted by Crippen LogP contribution is -2.24. The second-order valence-corrected chi connectivity index (χ2v) is 6.59. The van der Waals surface area contributed by atoms with Crippen molar-refractivity contribution in [3.05, 3.63) is 48.0 Å². The standard InChI is InChI=1S/C17H16O4S/c18-9-15-11(19)8-13(21-15)10-5-6-17-14(7-10)20-12-3-1-2-4-16(12)22-17/h1-7,11,13,15,18-19H,8-9H2/t11?,13?,15-/m1/s1. The molecule has 2 heterocycles. The van der Waals surface area contributed by atoms with Crippen LogP contribution in [0.15, 0.2) is 52.3 Å². The lowest BCUT2D eigenvalue weighted by molar-refractivity contribution is -0.0226. The molecule has 2 N–H and O–H groups in total. The molecule has 22 heavy (non-hydrogen) atoms. The second-order valence-electron chi connectivity index (χ2n) is 5.51. The monoisotopic (exact) mass is 316 g/mol. The maximum atomic E-state index is 9.87. The summed E-state index contributed by atoms with van der Waals surface area (Å²) in [5, 5.41) is 19.1. The van der Waals surface area contributed by atoms with Crippen molar-refractivity contribution in [2.24, 2.45) is 0 Å². The van der Waals surface area contributed by atoms with Crippen LogP contribution in [0.2, 0.25) is 0 Å². The Bertz CT molecular complexity index is 703. The van der Waals surface area contributed by atoms with Gasteiger partial charge in [-0.3, -0.25) is 0 Å². The normalized spacial score (nSPS) is 26.2. The van der Waals surface area contributed by atoms with Crippen LogP contribution in [0.5, 0.6) is 11.5 Å². The van der Waals surface area contributed by atoms with E-state index in [2.05, 4.69) is 0 Å². The minimum atomic E-state index is -0.623. The number of fused-ring (bicyclic) bond motifs is 2. The topological polar surface area (TPSA) is 58.9 Å². The molecule has 0 aromatic heterocycles. The van der Waals surface area contributed by atoms with Gasteiger partial charge in [0.1, 0.15) is 17.6 Å². The summed E-state index contributed by atoms with van der Waals surface area (Å²) >= 11 is 1.68. The Morgan fingerprint density at radius 2 is 1.91 bits per heavy atom. The molecule has 2 aromatic carbocycles. The van der Waals surface area contributed by atoms with Gasteiger partial charge in [-0.15, -0.1) is 0 Å². The fourth-order valence-electron chi connectivity index (χ4n) is 2.85. The van der Waals surface area contributed by atoms with Crippen molar-refractivity contribution < 1.29 is 19.7 Å². The number of hydrogen-bond acceptors (Lipinski definition) is 5. The highest BCUT2D eigenvalue weighted by atomic mass is 32.2. The zero-order valence-electron chi connectivity index (χ0n) is 11.8. The summed E-state index contributed by atoms with van der Waals surface area (Å²) in [4.78, 5) is 2.18. The van der Waals surface area contributed by atoms with E-state index in [1.165, 1.54) is 0 Å². The van der Waals surface area contributed by atoms with Crippen LogP contribution in [0.3, 0.4) is 0 Å². The molecule has 2 aromatic rings. The average Bonchev–Trinajstić information content (AvgIpc) is 2.93. The Balaban J connectivity index is 1.61. The first-order valence-electron chi connectivity index (χ1n) is 7.27. The Labute approximate surface area is 132 Å². The number of ether oxygens (including phenoxy) is 2. The van der Waals surface area contributed by atoms with Gasteiger partial charge in [0.15, 0.2) is 0 Å². The number of rotatable bonds is 2. The van der Waals surface area contributed by atoms with E-state index >= 15 is 0 Å². The summed E-state index contributed by atoms with van der Waals surface area (Å²) in [6.45, 7) is -0.164. The van der Waals surface area contributed by atoms with Crippen molar-refractivity contribution in [2.75, 3.05) is 6.61 Å². The Morgan fingerprint density at radius 3 is 2.73 bits per heavy atom. The van der Waals surface area contributed by atoms with Gasteiger partial charge in [0.05, 0.1) is 28.6 Å². The first kappa shape index (κ1) is 14.1. The fraction of sp³-hybridized carbons (Fsp3) is 0.294. The van der Waals surface area contributed by atoms with Gasteiger partial charge in [-0.2, -0.15) is 0 Å². The van der Waals surface area contributed by atoms with Crippen molar-refractivity contribution in [3.8, 4) is 11.5 Å². The molecule has 0 radical (unpaired) electrons. The molecule has 0 aliphatic carbocycles. The summed E-state index contributed by atoms with van der Waals surface area (Å²) in [6, 6.07) is 13.9. The summed E-state index contributed by atoms with van der Waals surface area (Å²) in [5.74, 6) is 1.67. The molecule has 2 aliphatic heterocycles. The van der Waals surface area contributed by atoms with E-state index in [0.29, 0.717) is 6.42 Å². The zero-order valence-corrected chi connectivity index (χ0v) is 12.6. The number of aliphatic hydroxyl groups excluding tert-OH is 2. The quantitative estimate of drug-likeness (QED) is 0.761. The Kier molecular flexibility index (Phi) is 3.58. The molecule has 3 atom stereocenters. The van der Waals surface area contributed by atoms with E-state index in [1.54, 1.807) is 11.8 Å². The van der Waals surface area contributed by atoms with E-state index in [-0.39, 0.29) is 12.7 Å². The number of benzene rings is 2. The molecule has 2 aliphatic rings. The third-order valence-electron chi connectivity index (χ3n) is 4.03. The largest absolute Gasteiger partial charge is 0.455 e. The third kappa shape index (κ3) is 2.40. The van der Waals surface area contributed by atoms with Crippen LogP contribution in [0.1, 0.15) is 18.1 Å². The molecule has 4 rings (SSSR count). The fourth-order valence-corrected chi connectivity index (χ4v) is 3.78. The van der Waals surface area contributed by atoms with E-state index in [1.807, 2.05) is 42.5 Å². The molecule has 0 amide bonds. The van der Waals surface area contributed by atoms with Crippen molar-refractivity contribution >= 4 is 11.8 Å². The maximum absolute atomic E-state index is 9.87. The van der Waals surface area contributed by atoms with Crippen LogP contribution in [0.25, 0.3) is 0 Å². The lowest BCUT2D eigenvalue weighted by atomic mass is 10.0. The summed E-state index contributed by atoms with van der Waals surface area (Å²) in [7, 11) is 0. The van der Waals surface area contributed by atoms with Gasteiger partial charge in [-0.1, -0.05) is 30.0 Å². The number of hydrogen-bond donors (Lipinski definition) is 2. The molecule has 0 spiro atoms. The van der Waals surface area contributed by atoms with Crippen LogP contribution in [-0.2, 0) is 4.74 Å². The van der Waals surface area contributed by atoms with Gasteiger partial charge in [0.2, 0.25) is 0 Å². The van der Waals surface area contributed by atoms with Crippen molar-refractivity contribution in [1.29, 1.82) is 0 Å². The molecular formula is C17H16O4S. The Morgan fingerprint density at radius 1 is 1.09 bits per heavy atom. The van der Waals surface area contributed by atoms with Crippen molar-refractivity contribution in [2.45, 2.75) is 34.5 Å². The van der Waals surface area contributed by atoms with Gasteiger partial charge in [0, 0.05) is 6.42 Å². The molecule has 1 fully saturated rings. The van der Waals surface area contributed by atoms with Gasteiger partial charge in [-0.05, 0) is 29.8 Å². The maximum Gasteiger partial charge on any atom is 0.141 e. The number of para-hydroxylation sites is 1. The lowest BCUT2D eigenvalue weighted by Gasteiger charge is -2.21. The molecule has 0 saturated carbocycles. The number of aliphatic hydroxyl groups is 2. The molecule has 5 heteroatoms. The van der Waals surface area contributed by atoms with Crippen LogP contribution >= 0.6 is 11.8 Å². The van der Waals surface area contributed by atoms with Gasteiger partial charge in [-0.25, -0.2) is 0 Å². The molecule has 114 valence electrons. The highest BCUT2D eigenvalue weighted by Crippen LogP contribution is 2.48. The summed E-state index contributed by atoms with van der Waals surface area (Å²) < 4.78 is 11.7.